The third-order valence-electron chi connectivity index (χ3n) is 1.63. The van der Waals surface area contributed by atoms with Gasteiger partial charge in [0.2, 0.25) is 0 Å². The van der Waals surface area contributed by atoms with Gasteiger partial charge in [0.1, 0.15) is 6.10 Å². The van der Waals surface area contributed by atoms with Crippen molar-refractivity contribution >= 4 is 30.8 Å². The van der Waals surface area contributed by atoms with Crippen molar-refractivity contribution in [2.75, 3.05) is 0 Å². The summed E-state index contributed by atoms with van der Waals surface area (Å²) in [5, 5.41) is 0. The van der Waals surface area contributed by atoms with Crippen molar-refractivity contribution in [2.45, 2.75) is 38.7 Å². The van der Waals surface area contributed by atoms with Crippen LogP contribution in [-0.2, 0) is 9.53 Å². The van der Waals surface area contributed by atoms with Crippen molar-refractivity contribution < 1.29 is 9.53 Å². The van der Waals surface area contributed by atoms with Crippen LogP contribution < -0.4 is 0 Å². The summed E-state index contributed by atoms with van der Waals surface area (Å²) < 4.78 is 4.97. The number of carbonyl (C=O) groups is 1. The summed E-state index contributed by atoms with van der Waals surface area (Å²) in [5.41, 5.74) is 0. The van der Waals surface area contributed by atoms with Crippen molar-refractivity contribution in [1.82, 2.24) is 0 Å². The second kappa shape index (κ2) is 6.74. The number of hydrogen-bond donors (Lipinski definition) is 0. The minimum absolute atomic E-state index is 0. The molecule has 0 N–H and O–H groups in total. The van der Waals surface area contributed by atoms with Crippen LogP contribution in [0.3, 0.4) is 0 Å². The molecule has 0 radical (unpaired) electrons. The lowest BCUT2D eigenvalue weighted by atomic mass is 10.3. The van der Waals surface area contributed by atoms with Crippen LogP contribution in [0.15, 0.2) is 0 Å². The van der Waals surface area contributed by atoms with Crippen LogP contribution in [0.2, 0.25) is 0 Å². The number of rotatable bonds is 1. The Morgan fingerprint density at radius 3 is 2.09 bits per heavy atom. The lowest BCUT2D eigenvalue weighted by Gasteiger charge is -2.07. The molecule has 1 saturated carbocycles. The van der Waals surface area contributed by atoms with Gasteiger partial charge in [-0.25, -0.2) is 0 Å². The molecule has 0 aromatic carbocycles. The van der Waals surface area contributed by atoms with Gasteiger partial charge in [0.15, 0.2) is 0 Å². The Bertz CT molecular complexity index is 111. The smallest absolute Gasteiger partial charge is 0.302 e. The van der Waals surface area contributed by atoms with E-state index in [-0.39, 0.29) is 36.9 Å². The van der Waals surface area contributed by atoms with Gasteiger partial charge in [-0.1, -0.05) is 0 Å². The van der Waals surface area contributed by atoms with Gasteiger partial charge in [-0.3, -0.25) is 4.79 Å². The molecule has 11 heavy (non-hydrogen) atoms. The molecular formula is C7H14Cl2O2. The monoisotopic (exact) mass is 200 g/mol. The largest absolute Gasteiger partial charge is 0.463 e. The van der Waals surface area contributed by atoms with E-state index in [9.17, 15) is 4.79 Å². The second-order valence-corrected chi connectivity index (χ2v) is 2.52. The van der Waals surface area contributed by atoms with Gasteiger partial charge in [-0.2, -0.15) is 0 Å². The summed E-state index contributed by atoms with van der Waals surface area (Å²) in [6.07, 6.45) is 4.82. The molecule has 1 aliphatic rings. The van der Waals surface area contributed by atoms with E-state index >= 15 is 0 Å². The third-order valence-corrected chi connectivity index (χ3v) is 1.63. The van der Waals surface area contributed by atoms with Gasteiger partial charge in [0.25, 0.3) is 0 Å². The van der Waals surface area contributed by atoms with Crippen LogP contribution in [0.5, 0.6) is 0 Å². The minimum atomic E-state index is -0.137. The SMILES string of the molecule is CC(=O)OC1CCCC1.Cl.Cl. The van der Waals surface area contributed by atoms with Crippen LogP contribution in [0.1, 0.15) is 32.6 Å². The average Bonchev–Trinajstić information content (AvgIpc) is 2.15. The molecule has 1 rings (SSSR count). The Balaban J connectivity index is 0. The van der Waals surface area contributed by atoms with E-state index < -0.39 is 0 Å². The zero-order valence-electron chi connectivity index (χ0n) is 6.54. The molecule has 1 aliphatic carbocycles. The van der Waals surface area contributed by atoms with E-state index in [4.69, 9.17) is 4.74 Å². The zero-order chi connectivity index (χ0) is 6.69. The molecule has 0 aliphatic heterocycles. The number of hydrogen-bond acceptors (Lipinski definition) is 2. The summed E-state index contributed by atoms with van der Waals surface area (Å²) in [4.78, 5) is 10.4. The lowest BCUT2D eigenvalue weighted by Crippen LogP contribution is -2.10. The highest BCUT2D eigenvalue weighted by Crippen LogP contribution is 2.20. The maximum Gasteiger partial charge on any atom is 0.302 e. The second-order valence-electron chi connectivity index (χ2n) is 2.52. The molecule has 0 aromatic heterocycles. The van der Waals surface area contributed by atoms with E-state index in [1.165, 1.54) is 19.8 Å². The van der Waals surface area contributed by atoms with Crippen molar-refractivity contribution in [3.05, 3.63) is 0 Å². The highest BCUT2D eigenvalue weighted by molar-refractivity contribution is 5.85. The van der Waals surface area contributed by atoms with Gasteiger partial charge < -0.3 is 4.74 Å². The first kappa shape index (κ1) is 13.6. The summed E-state index contributed by atoms with van der Waals surface area (Å²) in [6.45, 7) is 1.47. The summed E-state index contributed by atoms with van der Waals surface area (Å²) in [5.74, 6) is -0.137. The molecule has 0 saturated heterocycles. The van der Waals surface area contributed by atoms with Gasteiger partial charge >= 0.3 is 5.97 Å². The fraction of sp³-hybridized carbons (Fsp3) is 0.857. The molecule has 0 atom stereocenters. The Morgan fingerprint density at radius 2 is 1.73 bits per heavy atom. The highest BCUT2D eigenvalue weighted by Gasteiger charge is 2.16. The van der Waals surface area contributed by atoms with Crippen LogP contribution >= 0.6 is 24.8 Å². The van der Waals surface area contributed by atoms with Crippen LogP contribution in [0.4, 0.5) is 0 Å². The highest BCUT2D eigenvalue weighted by atomic mass is 35.5. The Kier molecular flexibility index (Phi) is 8.35. The molecule has 0 heterocycles. The fourth-order valence-corrected chi connectivity index (χ4v) is 1.24. The lowest BCUT2D eigenvalue weighted by molar-refractivity contribution is -0.145. The van der Waals surface area contributed by atoms with Crippen molar-refractivity contribution in [1.29, 1.82) is 0 Å². The predicted molar refractivity (Wildman–Crippen MR) is 48.5 cm³/mol. The van der Waals surface area contributed by atoms with Gasteiger partial charge in [0.05, 0.1) is 0 Å². The summed E-state index contributed by atoms with van der Waals surface area (Å²) in [6, 6.07) is 0. The van der Waals surface area contributed by atoms with Crippen molar-refractivity contribution in [3.63, 3.8) is 0 Å². The van der Waals surface area contributed by atoms with E-state index in [0.717, 1.165) is 12.8 Å². The van der Waals surface area contributed by atoms with Crippen LogP contribution in [0.25, 0.3) is 0 Å². The fourth-order valence-electron chi connectivity index (χ4n) is 1.24. The summed E-state index contributed by atoms with van der Waals surface area (Å²) >= 11 is 0. The number of carbonyl (C=O) groups excluding carboxylic acids is 1. The quantitative estimate of drug-likeness (QED) is 0.608. The Morgan fingerprint density at radius 1 is 1.27 bits per heavy atom. The van der Waals surface area contributed by atoms with Gasteiger partial charge in [-0.15, -0.1) is 24.8 Å². The van der Waals surface area contributed by atoms with Crippen molar-refractivity contribution in [2.24, 2.45) is 0 Å². The third kappa shape index (κ3) is 5.33. The standard InChI is InChI=1S/C7H12O2.2ClH/c1-6(8)9-7-4-2-3-5-7;;/h7H,2-5H2,1H3;2*1H. The molecule has 68 valence electrons. The maximum atomic E-state index is 10.4. The summed E-state index contributed by atoms with van der Waals surface area (Å²) in [7, 11) is 0. The zero-order valence-corrected chi connectivity index (χ0v) is 8.17. The van der Waals surface area contributed by atoms with Crippen molar-refractivity contribution in [3.8, 4) is 0 Å². The average molecular weight is 201 g/mol. The first-order valence-electron chi connectivity index (χ1n) is 3.46. The number of esters is 1. The van der Waals surface area contributed by atoms with Crippen LogP contribution in [-0.4, -0.2) is 12.1 Å². The number of ether oxygens (including phenoxy) is 1. The molecule has 0 aromatic rings. The molecule has 0 bridgehead atoms. The van der Waals surface area contributed by atoms with Gasteiger partial charge in [0, 0.05) is 6.92 Å². The van der Waals surface area contributed by atoms with E-state index in [1.54, 1.807) is 0 Å². The molecule has 4 heteroatoms. The van der Waals surface area contributed by atoms with E-state index in [1.807, 2.05) is 0 Å². The molecule has 0 amide bonds. The minimum Gasteiger partial charge on any atom is -0.463 e. The van der Waals surface area contributed by atoms with Gasteiger partial charge in [-0.05, 0) is 25.7 Å². The first-order chi connectivity index (χ1) is 4.29. The normalized spacial score (nSPS) is 16.5. The topological polar surface area (TPSA) is 26.3 Å². The van der Waals surface area contributed by atoms with E-state index in [0.29, 0.717) is 0 Å². The number of halogens is 2. The molecule has 0 spiro atoms. The van der Waals surface area contributed by atoms with Crippen LogP contribution in [0, 0.1) is 0 Å². The first-order valence-corrected chi connectivity index (χ1v) is 3.46. The molecule has 2 nitrogen and oxygen atoms in total. The maximum absolute atomic E-state index is 10.4. The predicted octanol–water partition coefficient (Wildman–Crippen LogP) is 2.34. The Labute approximate surface area is 79.5 Å². The Hall–Kier alpha value is 0.0500. The molecule has 1 fully saturated rings. The molecule has 0 unspecified atom stereocenters. The van der Waals surface area contributed by atoms with E-state index in [2.05, 4.69) is 0 Å². The molecular weight excluding hydrogens is 187 g/mol.